The van der Waals surface area contributed by atoms with Crippen molar-refractivity contribution in [2.24, 2.45) is 11.8 Å². The molecule has 0 aromatic heterocycles. The highest BCUT2D eigenvalue weighted by atomic mass is 16.6. The summed E-state index contributed by atoms with van der Waals surface area (Å²) in [6, 6.07) is 4.08. The Morgan fingerprint density at radius 1 is 0.969 bits per heavy atom. The first-order valence-corrected chi connectivity index (χ1v) is 10.6. The molecule has 1 aromatic rings. The van der Waals surface area contributed by atoms with E-state index in [-0.39, 0.29) is 24.0 Å². The van der Waals surface area contributed by atoms with E-state index in [1.165, 1.54) is 18.2 Å². The lowest BCUT2D eigenvalue weighted by molar-refractivity contribution is -0.183. The Kier molecular flexibility index (Phi) is 9.83. The smallest absolute Gasteiger partial charge is 0.364 e. The molecule has 1 unspecified atom stereocenters. The summed E-state index contributed by atoms with van der Waals surface area (Å²) in [5, 5.41) is 12.8. The molecule has 0 bridgehead atoms. The fourth-order valence-corrected chi connectivity index (χ4v) is 2.61. The molecule has 9 nitrogen and oxygen atoms in total. The molecule has 1 aromatic carbocycles. The first kappa shape index (κ1) is 27.1. The summed E-state index contributed by atoms with van der Waals surface area (Å²) in [5.74, 6) is -4.05. The van der Waals surface area contributed by atoms with Crippen LogP contribution in [0, 0.1) is 11.8 Å². The van der Waals surface area contributed by atoms with Crippen LogP contribution in [0.3, 0.4) is 0 Å². The number of hydrogen-bond acceptors (Lipinski definition) is 8. The van der Waals surface area contributed by atoms with E-state index >= 15 is 0 Å². The molecular weight excluding hydrogens is 418 g/mol. The Morgan fingerprint density at radius 3 is 1.94 bits per heavy atom. The first-order chi connectivity index (χ1) is 14.8. The third kappa shape index (κ3) is 7.64. The van der Waals surface area contributed by atoms with Crippen molar-refractivity contribution in [3.63, 3.8) is 0 Å². The lowest BCUT2D eigenvalue weighted by Gasteiger charge is -2.32. The van der Waals surface area contributed by atoms with Gasteiger partial charge in [0.25, 0.3) is 5.72 Å². The van der Waals surface area contributed by atoms with Crippen LogP contribution in [0.25, 0.3) is 0 Å². The maximum absolute atomic E-state index is 12.2. The van der Waals surface area contributed by atoms with Crippen molar-refractivity contribution in [2.45, 2.75) is 73.1 Å². The molecule has 0 radical (unpaired) electrons. The van der Waals surface area contributed by atoms with Crippen molar-refractivity contribution in [1.29, 1.82) is 0 Å². The summed E-state index contributed by atoms with van der Waals surface area (Å²) < 4.78 is 15.9. The molecule has 0 aliphatic carbocycles. The summed E-state index contributed by atoms with van der Waals surface area (Å²) >= 11 is 0. The molecule has 0 heterocycles. The number of carboxylic acids is 1. The maximum Gasteiger partial charge on any atom is 0.364 e. The highest BCUT2D eigenvalue weighted by molar-refractivity contribution is 5.82. The second-order valence-corrected chi connectivity index (χ2v) is 8.29. The number of aliphatic carboxylic acids is 1. The lowest BCUT2D eigenvalue weighted by atomic mass is 10.00. The van der Waals surface area contributed by atoms with Crippen LogP contribution in [0.2, 0.25) is 0 Å². The largest absolute Gasteiger partial charge is 0.477 e. The number of nitrogens with one attached hydrogen (secondary N) is 1. The van der Waals surface area contributed by atoms with E-state index in [0.29, 0.717) is 12.0 Å². The SMILES string of the molecule is CCC(C)N[C@@](Cc1ccc(OC(=O)C(C)C)c(OC(=O)C(C)C)c1)(OC(C)=O)C(=O)O. The number of rotatable bonds is 11. The van der Waals surface area contributed by atoms with Crippen LogP contribution in [0.1, 0.15) is 60.5 Å². The highest BCUT2D eigenvalue weighted by Gasteiger charge is 2.43. The third-order valence-corrected chi connectivity index (χ3v) is 4.58. The molecular formula is C23H33NO8. The van der Waals surface area contributed by atoms with Crippen LogP contribution in [0.15, 0.2) is 18.2 Å². The fraction of sp³-hybridized carbons (Fsp3) is 0.565. The minimum absolute atomic E-state index is 0.0270. The van der Waals surface area contributed by atoms with Crippen molar-refractivity contribution >= 4 is 23.9 Å². The van der Waals surface area contributed by atoms with E-state index in [1.54, 1.807) is 34.6 Å². The van der Waals surface area contributed by atoms with Gasteiger partial charge in [-0.05, 0) is 31.0 Å². The zero-order valence-electron chi connectivity index (χ0n) is 19.7. The van der Waals surface area contributed by atoms with Crippen LogP contribution in [-0.4, -0.2) is 40.8 Å². The predicted molar refractivity (Wildman–Crippen MR) is 116 cm³/mol. The zero-order valence-corrected chi connectivity index (χ0v) is 19.7. The summed E-state index contributed by atoms with van der Waals surface area (Å²) in [6.45, 7) is 11.4. The number of benzene rings is 1. The van der Waals surface area contributed by atoms with Crippen molar-refractivity contribution in [1.82, 2.24) is 5.32 Å². The molecule has 0 saturated carbocycles. The molecule has 0 saturated heterocycles. The molecule has 0 fully saturated rings. The Morgan fingerprint density at radius 2 is 1.50 bits per heavy atom. The van der Waals surface area contributed by atoms with Gasteiger partial charge in [-0.25, -0.2) is 4.79 Å². The van der Waals surface area contributed by atoms with E-state index < -0.39 is 41.4 Å². The number of carbonyl (C=O) groups is 4. The summed E-state index contributed by atoms with van der Waals surface area (Å²) in [4.78, 5) is 48.1. The number of hydrogen-bond donors (Lipinski definition) is 2. The van der Waals surface area contributed by atoms with Gasteiger partial charge in [0.2, 0.25) is 0 Å². The quantitative estimate of drug-likeness (QED) is 0.296. The van der Waals surface area contributed by atoms with Crippen LogP contribution in [0.4, 0.5) is 0 Å². The van der Waals surface area contributed by atoms with Crippen LogP contribution >= 0.6 is 0 Å². The van der Waals surface area contributed by atoms with Gasteiger partial charge in [-0.3, -0.25) is 19.7 Å². The molecule has 0 aliphatic rings. The summed E-state index contributed by atoms with van der Waals surface area (Å²) in [7, 11) is 0. The lowest BCUT2D eigenvalue weighted by Crippen LogP contribution is -2.59. The molecule has 2 atom stereocenters. The van der Waals surface area contributed by atoms with Gasteiger partial charge in [-0.2, -0.15) is 0 Å². The van der Waals surface area contributed by atoms with Gasteiger partial charge in [0, 0.05) is 19.4 Å². The average Bonchev–Trinajstić information content (AvgIpc) is 2.68. The minimum Gasteiger partial charge on any atom is -0.477 e. The Bertz CT molecular complexity index is 848. The first-order valence-electron chi connectivity index (χ1n) is 10.6. The second kappa shape index (κ2) is 11.6. The Balaban J connectivity index is 3.44. The van der Waals surface area contributed by atoms with Gasteiger partial charge in [-0.1, -0.05) is 40.7 Å². The van der Waals surface area contributed by atoms with Crippen LogP contribution < -0.4 is 14.8 Å². The van der Waals surface area contributed by atoms with Gasteiger partial charge in [0.1, 0.15) is 0 Å². The summed E-state index contributed by atoms with van der Waals surface area (Å²) in [5.41, 5.74) is -1.64. The van der Waals surface area contributed by atoms with Crippen molar-refractivity contribution in [2.75, 3.05) is 0 Å². The van der Waals surface area contributed by atoms with Gasteiger partial charge in [-0.15, -0.1) is 0 Å². The fourth-order valence-electron chi connectivity index (χ4n) is 2.61. The molecule has 178 valence electrons. The molecule has 1 rings (SSSR count). The number of ether oxygens (including phenoxy) is 3. The summed E-state index contributed by atoms with van der Waals surface area (Å²) in [6.07, 6.45) is 0.342. The van der Waals surface area contributed by atoms with Gasteiger partial charge < -0.3 is 19.3 Å². The number of carbonyl (C=O) groups excluding carboxylic acids is 3. The molecule has 9 heteroatoms. The van der Waals surface area contributed by atoms with E-state index in [1.807, 2.05) is 6.92 Å². The van der Waals surface area contributed by atoms with E-state index in [0.717, 1.165) is 6.92 Å². The standard InChI is InChI=1S/C23H33NO8/c1-8-15(6)24-23(22(28)29,32-16(7)25)12-17-9-10-18(30-20(26)13(2)3)19(11-17)31-21(27)14(4)5/h9-11,13-15,24H,8,12H2,1-7H3,(H,28,29)/t15?,23-/m0/s1. The average molecular weight is 452 g/mol. The topological polar surface area (TPSA) is 128 Å². The normalized spacial score (nSPS) is 13.9. The monoisotopic (exact) mass is 451 g/mol. The molecule has 32 heavy (non-hydrogen) atoms. The van der Waals surface area contributed by atoms with E-state index in [9.17, 15) is 24.3 Å². The van der Waals surface area contributed by atoms with Gasteiger partial charge in [0.05, 0.1) is 11.8 Å². The van der Waals surface area contributed by atoms with Crippen molar-refractivity contribution < 1.29 is 38.5 Å². The second-order valence-electron chi connectivity index (χ2n) is 8.29. The molecule has 2 N–H and O–H groups in total. The zero-order chi connectivity index (χ0) is 24.6. The Hall–Kier alpha value is -2.94. The minimum atomic E-state index is -2.03. The Labute approximate surface area is 188 Å². The van der Waals surface area contributed by atoms with Crippen molar-refractivity contribution in [3.8, 4) is 11.5 Å². The van der Waals surface area contributed by atoms with Crippen molar-refractivity contribution in [3.05, 3.63) is 23.8 Å². The predicted octanol–water partition coefficient (Wildman–Crippen LogP) is 3.08. The van der Waals surface area contributed by atoms with Crippen LogP contribution in [-0.2, 0) is 30.3 Å². The number of esters is 3. The number of carboxylic acid groups (broad SMARTS) is 1. The molecule has 0 aliphatic heterocycles. The van der Waals surface area contributed by atoms with E-state index in [2.05, 4.69) is 5.32 Å². The van der Waals surface area contributed by atoms with Gasteiger partial charge >= 0.3 is 23.9 Å². The molecule has 0 spiro atoms. The molecule has 0 amide bonds. The van der Waals surface area contributed by atoms with Gasteiger partial charge in [0.15, 0.2) is 11.5 Å². The third-order valence-electron chi connectivity index (χ3n) is 4.58. The van der Waals surface area contributed by atoms with Crippen LogP contribution in [0.5, 0.6) is 11.5 Å². The van der Waals surface area contributed by atoms with E-state index in [4.69, 9.17) is 14.2 Å². The maximum atomic E-state index is 12.2. The highest BCUT2D eigenvalue weighted by Crippen LogP contribution is 2.32.